The molecule has 2 unspecified atom stereocenters. The Hall–Kier alpha value is -3.86. The van der Waals surface area contributed by atoms with Crippen LogP contribution in [0.3, 0.4) is 0 Å². The Kier molecular flexibility index (Phi) is 6.87. The second-order valence-corrected chi connectivity index (χ2v) is 11.2. The maximum absolute atomic E-state index is 13.8. The van der Waals surface area contributed by atoms with Crippen LogP contribution in [0.25, 0.3) is 10.9 Å². The first-order valence-corrected chi connectivity index (χ1v) is 12.9. The Morgan fingerprint density at radius 2 is 1.95 bits per heavy atom. The zero-order chi connectivity index (χ0) is 27.0. The number of rotatable bonds is 7. The lowest BCUT2D eigenvalue weighted by Gasteiger charge is -2.34. The van der Waals surface area contributed by atoms with Gasteiger partial charge in [0, 0.05) is 30.5 Å². The number of β-amino-alcohol motifs (C(OH)–C–C–N with tert-alkyl or cyclic N) is 1. The Labute approximate surface area is 220 Å². The van der Waals surface area contributed by atoms with Crippen molar-refractivity contribution in [3.05, 3.63) is 48.4 Å². The number of pyridine rings is 1. The van der Waals surface area contributed by atoms with Gasteiger partial charge in [0.1, 0.15) is 12.1 Å². The van der Waals surface area contributed by atoms with Gasteiger partial charge in [-0.3, -0.25) is 19.4 Å². The van der Waals surface area contributed by atoms with Crippen molar-refractivity contribution in [1.82, 2.24) is 30.2 Å². The van der Waals surface area contributed by atoms with E-state index in [-0.39, 0.29) is 25.4 Å². The molecule has 1 saturated heterocycles. The smallest absolute Gasteiger partial charge is 0.248 e. The van der Waals surface area contributed by atoms with Gasteiger partial charge in [-0.2, -0.15) is 0 Å². The van der Waals surface area contributed by atoms with Gasteiger partial charge in [-0.15, -0.1) is 5.10 Å². The predicted octanol–water partition coefficient (Wildman–Crippen LogP) is 2.01. The molecular weight excluding hydrogens is 486 g/mol. The summed E-state index contributed by atoms with van der Waals surface area (Å²) in [6, 6.07) is 7.75. The summed E-state index contributed by atoms with van der Waals surface area (Å²) in [5, 5.41) is 25.1. The van der Waals surface area contributed by atoms with Gasteiger partial charge in [0.05, 0.1) is 35.7 Å². The van der Waals surface area contributed by atoms with Crippen LogP contribution in [-0.2, 0) is 14.4 Å². The summed E-state index contributed by atoms with van der Waals surface area (Å²) in [5.74, 6) is -0.836. The van der Waals surface area contributed by atoms with Crippen LogP contribution in [0.2, 0.25) is 0 Å². The largest absolute Gasteiger partial charge is 0.391 e. The number of benzene rings is 1. The van der Waals surface area contributed by atoms with Crippen molar-refractivity contribution in [3.63, 3.8) is 0 Å². The fourth-order valence-corrected chi connectivity index (χ4v) is 4.96. The number of para-hydroxylation sites is 1. The normalized spacial score (nSPS) is 20.4. The van der Waals surface area contributed by atoms with Crippen molar-refractivity contribution in [1.29, 1.82) is 0 Å². The fourth-order valence-electron chi connectivity index (χ4n) is 4.96. The topological polar surface area (TPSA) is 142 Å². The van der Waals surface area contributed by atoms with E-state index in [1.54, 1.807) is 16.9 Å². The van der Waals surface area contributed by atoms with Gasteiger partial charge in [-0.05, 0) is 30.4 Å². The molecule has 3 atom stereocenters. The van der Waals surface area contributed by atoms with Crippen molar-refractivity contribution < 1.29 is 19.5 Å². The number of likely N-dealkylation sites (tertiary alicyclic amines) is 1. The van der Waals surface area contributed by atoms with E-state index < -0.39 is 35.4 Å². The molecule has 38 heavy (non-hydrogen) atoms. The number of carbonyl (C=O) groups excluding carboxylic acids is 3. The molecule has 2 aromatic heterocycles. The molecule has 3 heterocycles. The van der Waals surface area contributed by atoms with Crippen LogP contribution < -0.4 is 10.6 Å². The molecule has 1 aliphatic carbocycles. The van der Waals surface area contributed by atoms with Crippen LogP contribution in [0.4, 0.5) is 5.69 Å². The summed E-state index contributed by atoms with van der Waals surface area (Å²) in [4.78, 5) is 45.2. The number of carbonyl (C=O) groups is 3. The SMILES string of the molecule is CC(C)(C)[C@@H](C(=O)N1CC(O)CC1C(=O)NCC(=O)Nc1cnc2ccccc2c1)n1cc(C2CC2)nn1. The van der Waals surface area contributed by atoms with E-state index in [1.807, 2.05) is 51.2 Å². The van der Waals surface area contributed by atoms with Gasteiger partial charge in [0.25, 0.3) is 0 Å². The summed E-state index contributed by atoms with van der Waals surface area (Å²) in [5.41, 5.74) is 1.68. The maximum atomic E-state index is 13.8. The van der Waals surface area contributed by atoms with E-state index in [0.717, 1.165) is 29.4 Å². The van der Waals surface area contributed by atoms with Gasteiger partial charge < -0.3 is 20.6 Å². The lowest BCUT2D eigenvalue weighted by molar-refractivity contribution is -0.144. The number of aliphatic hydroxyl groups is 1. The van der Waals surface area contributed by atoms with E-state index in [1.165, 1.54) is 4.90 Å². The Morgan fingerprint density at radius 3 is 2.68 bits per heavy atom. The minimum absolute atomic E-state index is 0.0304. The van der Waals surface area contributed by atoms with Gasteiger partial charge in [-0.25, -0.2) is 4.68 Å². The van der Waals surface area contributed by atoms with Crippen LogP contribution in [-0.4, -0.2) is 72.9 Å². The summed E-state index contributed by atoms with van der Waals surface area (Å²) in [6.45, 7) is 5.55. The van der Waals surface area contributed by atoms with E-state index >= 15 is 0 Å². The average molecular weight is 520 g/mol. The number of hydrogen-bond donors (Lipinski definition) is 3. The fraction of sp³-hybridized carbons (Fsp3) is 0.481. The summed E-state index contributed by atoms with van der Waals surface area (Å²) >= 11 is 0. The van der Waals surface area contributed by atoms with Crippen molar-refractivity contribution in [3.8, 4) is 0 Å². The van der Waals surface area contributed by atoms with Crippen LogP contribution >= 0.6 is 0 Å². The van der Waals surface area contributed by atoms with Crippen molar-refractivity contribution in [2.75, 3.05) is 18.4 Å². The lowest BCUT2D eigenvalue weighted by atomic mass is 9.85. The number of nitrogens with one attached hydrogen (secondary N) is 2. The highest BCUT2D eigenvalue weighted by molar-refractivity contribution is 5.97. The van der Waals surface area contributed by atoms with Crippen molar-refractivity contribution in [2.24, 2.45) is 5.41 Å². The molecule has 1 saturated carbocycles. The highest BCUT2D eigenvalue weighted by atomic mass is 16.3. The van der Waals surface area contributed by atoms with Gasteiger partial charge in [-0.1, -0.05) is 44.2 Å². The minimum Gasteiger partial charge on any atom is -0.391 e. The second-order valence-electron chi connectivity index (χ2n) is 11.2. The minimum atomic E-state index is -0.899. The highest BCUT2D eigenvalue weighted by Crippen LogP contribution is 2.40. The maximum Gasteiger partial charge on any atom is 0.248 e. The molecule has 3 amide bonds. The van der Waals surface area contributed by atoms with Gasteiger partial charge >= 0.3 is 0 Å². The standard InChI is InChI=1S/C27H33N7O4/c1-27(2,3)24(34-15-21(31-32-34)16-8-9-16)26(38)33-14-19(35)11-22(33)25(37)29-13-23(36)30-18-10-17-6-4-5-7-20(17)28-12-18/h4-7,10,12,15-16,19,22,24,35H,8-9,11,13-14H2,1-3H3,(H,29,37)(H,30,36)/t19?,22?,24-/m1/s1. The zero-order valence-corrected chi connectivity index (χ0v) is 21.8. The first-order chi connectivity index (χ1) is 18.1. The molecule has 0 bridgehead atoms. The summed E-state index contributed by atoms with van der Waals surface area (Å²) in [6.07, 6.45) is 4.76. The molecule has 3 aromatic rings. The number of aromatic nitrogens is 4. The summed E-state index contributed by atoms with van der Waals surface area (Å²) in [7, 11) is 0. The molecule has 1 aliphatic heterocycles. The van der Waals surface area contributed by atoms with E-state index in [0.29, 0.717) is 11.6 Å². The predicted molar refractivity (Wildman–Crippen MR) is 140 cm³/mol. The molecule has 3 N–H and O–H groups in total. The van der Waals surface area contributed by atoms with Gasteiger partial charge in [0.15, 0.2) is 0 Å². The Morgan fingerprint density at radius 1 is 1.18 bits per heavy atom. The number of fused-ring (bicyclic) bond motifs is 1. The molecular formula is C27H33N7O4. The third-order valence-corrected chi connectivity index (χ3v) is 7.00. The number of nitrogens with zero attached hydrogens (tertiary/aromatic N) is 5. The molecule has 0 spiro atoms. The molecule has 5 rings (SSSR count). The molecule has 0 radical (unpaired) electrons. The van der Waals surface area contributed by atoms with Gasteiger partial charge in [0.2, 0.25) is 17.7 Å². The van der Waals surface area contributed by atoms with E-state index in [4.69, 9.17) is 0 Å². The first kappa shape index (κ1) is 25.8. The quantitative estimate of drug-likeness (QED) is 0.433. The number of anilines is 1. The molecule has 2 aliphatic rings. The molecule has 2 fully saturated rings. The average Bonchev–Trinajstić information content (AvgIpc) is 3.48. The first-order valence-electron chi connectivity index (χ1n) is 12.9. The molecule has 11 heteroatoms. The van der Waals surface area contributed by atoms with Crippen LogP contribution in [0.15, 0.2) is 42.7 Å². The molecule has 1 aromatic carbocycles. The highest BCUT2D eigenvalue weighted by Gasteiger charge is 2.45. The number of amides is 3. The van der Waals surface area contributed by atoms with Crippen molar-refractivity contribution in [2.45, 2.75) is 64.1 Å². The van der Waals surface area contributed by atoms with E-state index in [9.17, 15) is 19.5 Å². The van der Waals surface area contributed by atoms with E-state index in [2.05, 4.69) is 25.9 Å². The van der Waals surface area contributed by atoms with Crippen LogP contribution in [0.5, 0.6) is 0 Å². The Bertz CT molecular complexity index is 1360. The third kappa shape index (κ3) is 5.52. The van der Waals surface area contributed by atoms with Crippen LogP contribution in [0.1, 0.15) is 57.7 Å². The second kappa shape index (κ2) is 10.1. The monoisotopic (exact) mass is 519 g/mol. The summed E-state index contributed by atoms with van der Waals surface area (Å²) < 4.78 is 1.58. The number of aliphatic hydroxyl groups excluding tert-OH is 1. The van der Waals surface area contributed by atoms with Crippen molar-refractivity contribution >= 4 is 34.3 Å². The lowest BCUT2D eigenvalue weighted by Crippen LogP contribution is -2.51. The molecule has 11 nitrogen and oxygen atoms in total. The van der Waals surface area contributed by atoms with Crippen LogP contribution in [0, 0.1) is 5.41 Å². The zero-order valence-electron chi connectivity index (χ0n) is 21.8. The number of hydrogen-bond acceptors (Lipinski definition) is 7. The Balaban J connectivity index is 1.24. The molecule has 200 valence electrons. The third-order valence-electron chi connectivity index (χ3n) is 7.00.